The van der Waals surface area contributed by atoms with Crippen LogP contribution in [0.2, 0.25) is 0 Å². The van der Waals surface area contributed by atoms with Crippen molar-refractivity contribution in [1.29, 1.82) is 0 Å². The lowest BCUT2D eigenvalue weighted by Gasteiger charge is -2.34. The Morgan fingerprint density at radius 2 is 1.73 bits per heavy atom. The second-order valence-electron chi connectivity index (χ2n) is 5.99. The molecule has 0 fully saturated rings. The third kappa shape index (κ3) is 3.01. The molecule has 7 nitrogen and oxygen atoms in total. The van der Waals surface area contributed by atoms with Crippen molar-refractivity contribution in [3.63, 3.8) is 0 Å². The standard InChI is InChI=1S/C17H16N4O3S.ClH/c18-25(23,24)21-10-9-11-5-1-2-6-12(11)16(21)15-13-7-3-4-8-14(13)17(22)20-19-15;/h1-8,16H,9-10H2,(H,20,22)(H2,18,23,24);1H. The van der Waals surface area contributed by atoms with Crippen molar-refractivity contribution in [2.75, 3.05) is 6.54 Å². The number of fused-ring (bicyclic) bond motifs is 2. The van der Waals surface area contributed by atoms with Crippen molar-refractivity contribution in [1.82, 2.24) is 14.5 Å². The highest BCUT2D eigenvalue weighted by atomic mass is 35.5. The summed E-state index contributed by atoms with van der Waals surface area (Å²) in [6.07, 6.45) is 0.574. The zero-order valence-electron chi connectivity index (χ0n) is 13.6. The van der Waals surface area contributed by atoms with Crippen LogP contribution in [0.4, 0.5) is 0 Å². The first-order chi connectivity index (χ1) is 12.0. The van der Waals surface area contributed by atoms with Crippen molar-refractivity contribution >= 4 is 33.4 Å². The molecule has 1 aliphatic rings. The zero-order valence-corrected chi connectivity index (χ0v) is 15.3. The number of nitrogens with zero attached hydrogens (tertiary/aromatic N) is 2. The number of halogens is 1. The molecule has 1 unspecified atom stereocenters. The molecule has 3 N–H and O–H groups in total. The Kier molecular flexibility index (Phi) is 4.85. The Labute approximate surface area is 156 Å². The van der Waals surface area contributed by atoms with Gasteiger partial charge in [0.05, 0.1) is 17.1 Å². The number of hydrogen-bond donors (Lipinski definition) is 2. The molecular formula is C17H17ClN4O3S. The maximum Gasteiger partial charge on any atom is 0.277 e. The SMILES string of the molecule is Cl.NS(=O)(=O)N1CCc2ccccc2C1c1n[nH]c(=O)c2ccccc12. The van der Waals surface area contributed by atoms with Crippen molar-refractivity contribution in [3.8, 4) is 0 Å². The first kappa shape index (κ1) is 18.5. The fourth-order valence-corrected chi connectivity index (χ4v) is 4.30. The van der Waals surface area contributed by atoms with Crippen LogP contribution in [0.25, 0.3) is 10.8 Å². The fraction of sp³-hybridized carbons (Fsp3) is 0.176. The van der Waals surface area contributed by atoms with E-state index in [-0.39, 0.29) is 24.5 Å². The van der Waals surface area contributed by atoms with Crippen LogP contribution in [-0.2, 0) is 16.6 Å². The number of benzene rings is 2. The number of nitrogens with two attached hydrogens (primary N) is 1. The van der Waals surface area contributed by atoms with Crippen LogP contribution in [0.3, 0.4) is 0 Å². The maximum absolute atomic E-state index is 12.2. The molecule has 4 rings (SSSR count). The Balaban J connectivity index is 0.00000196. The van der Waals surface area contributed by atoms with E-state index in [0.29, 0.717) is 22.9 Å². The van der Waals surface area contributed by atoms with E-state index in [0.717, 1.165) is 11.1 Å². The molecule has 0 aliphatic carbocycles. The molecule has 0 amide bonds. The smallest absolute Gasteiger partial charge is 0.267 e. The minimum absolute atomic E-state index is 0. The molecule has 26 heavy (non-hydrogen) atoms. The van der Waals surface area contributed by atoms with E-state index in [1.807, 2.05) is 24.3 Å². The third-order valence-electron chi connectivity index (χ3n) is 4.55. The monoisotopic (exact) mass is 392 g/mol. The van der Waals surface area contributed by atoms with Crippen molar-refractivity contribution in [2.24, 2.45) is 5.14 Å². The lowest BCUT2D eigenvalue weighted by molar-refractivity contribution is 0.339. The Hall–Kier alpha value is -2.26. The molecule has 3 aromatic rings. The summed E-state index contributed by atoms with van der Waals surface area (Å²) in [7, 11) is -3.94. The topological polar surface area (TPSA) is 109 Å². The zero-order chi connectivity index (χ0) is 17.6. The molecule has 2 aromatic carbocycles. The average Bonchev–Trinajstić information content (AvgIpc) is 2.61. The molecule has 136 valence electrons. The molecule has 1 atom stereocenters. The number of aromatic amines is 1. The van der Waals surface area contributed by atoms with Gasteiger partial charge in [0, 0.05) is 11.9 Å². The van der Waals surface area contributed by atoms with Crippen LogP contribution >= 0.6 is 12.4 Å². The van der Waals surface area contributed by atoms with Gasteiger partial charge >= 0.3 is 0 Å². The summed E-state index contributed by atoms with van der Waals surface area (Å²) >= 11 is 0. The van der Waals surface area contributed by atoms with E-state index in [2.05, 4.69) is 10.2 Å². The number of aromatic nitrogens is 2. The van der Waals surface area contributed by atoms with Gasteiger partial charge in [-0.15, -0.1) is 12.4 Å². The third-order valence-corrected chi connectivity index (χ3v) is 5.60. The van der Waals surface area contributed by atoms with Gasteiger partial charge in [0.15, 0.2) is 0 Å². The van der Waals surface area contributed by atoms with Gasteiger partial charge in [0.2, 0.25) is 0 Å². The second-order valence-corrected chi connectivity index (χ2v) is 7.49. The largest absolute Gasteiger partial charge is 0.277 e. The van der Waals surface area contributed by atoms with Crippen LogP contribution in [0, 0.1) is 0 Å². The van der Waals surface area contributed by atoms with Gasteiger partial charge in [0.25, 0.3) is 15.8 Å². The van der Waals surface area contributed by atoms with Crippen LogP contribution in [-0.4, -0.2) is 29.5 Å². The molecule has 0 saturated carbocycles. The molecule has 2 heterocycles. The summed E-state index contributed by atoms with van der Waals surface area (Å²) in [5.41, 5.74) is 2.03. The van der Waals surface area contributed by atoms with E-state index in [9.17, 15) is 13.2 Å². The Morgan fingerprint density at radius 1 is 1.08 bits per heavy atom. The van der Waals surface area contributed by atoms with Crippen LogP contribution in [0.15, 0.2) is 53.3 Å². The summed E-state index contributed by atoms with van der Waals surface area (Å²) < 4.78 is 25.6. The number of H-pyrrole nitrogens is 1. The van der Waals surface area contributed by atoms with Gasteiger partial charge in [-0.05, 0) is 23.6 Å². The van der Waals surface area contributed by atoms with Crippen molar-refractivity contribution in [2.45, 2.75) is 12.5 Å². The van der Waals surface area contributed by atoms with Crippen molar-refractivity contribution in [3.05, 3.63) is 75.7 Å². The predicted molar refractivity (Wildman–Crippen MR) is 101 cm³/mol. The molecule has 0 saturated heterocycles. The average molecular weight is 393 g/mol. The predicted octanol–water partition coefficient (Wildman–Crippen LogP) is 1.50. The summed E-state index contributed by atoms with van der Waals surface area (Å²) in [5, 5.41) is 13.2. The summed E-state index contributed by atoms with van der Waals surface area (Å²) in [5.74, 6) is 0. The number of hydrogen-bond acceptors (Lipinski definition) is 4. The summed E-state index contributed by atoms with van der Waals surface area (Å²) in [6, 6.07) is 13.9. The molecule has 0 radical (unpaired) electrons. The fourth-order valence-electron chi connectivity index (χ4n) is 3.45. The van der Waals surface area contributed by atoms with Gasteiger partial charge in [-0.25, -0.2) is 10.2 Å². The first-order valence-corrected chi connectivity index (χ1v) is 9.32. The van der Waals surface area contributed by atoms with Gasteiger partial charge in [-0.3, -0.25) is 4.79 Å². The van der Waals surface area contributed by atoms with E-state index in [1.54, 1.807) is 24.3 Å². The number of nitrogens with one attached hydrogen (secondary N) is 1. The molecule has 9 heteroatoms. The van der Waals surface area contributed by atoms with Gasteiger partial charge < -0.3 is 0 Å². The van der Waals surface area contributed by atoms with Gasteiger partial charge in [-0.1, -0.05) is 42.5 Å². The van der Waals surface area contributed by atoms with Crippen LogP contribution in [0.5, 0.6) is 0 Å². The molecular weight excluding hydrogens is 376 g/mol. The lowest BCUT2D eigenvalue weighted by atomic mass is 9.91. The molecule has 0 spiro atoms. The summed E-state index contributed by atoms with van der Waals surface area (Å²) in [6.45, 7) is 0.260. The highest BCUT2D eigenvalue weighted by Gasteiger charge is 2.36. The highest BCUT2D eigenvalue weighted by Crippen LogP contribution is 2.37. The van der Waals surface area contributed by atoms with Gasteiger partial charge in [0.1, 0.15) is 0 Å². The second kappa shape index (κ2) is 6.81. The summed E-state index contributed by atoms with van der Waals surface area (Å²) in [4.78, 5) is 12.1. The van der Waals surface area contributed by atoms with Gasteiger partial charge in [-0.2, -0.15) is 17.8 Å². The van der Waals surface area contributed by atoms with Crippen LogP contribution < -0.4 is 10.7 Å². The number of rotatable bonds is 2. The lowest BCUT2D eigenvalue weighted by Crippen LogP contribution is -2.44. The minimum Gasteiger partial charge on any atom is -0.267 e. The quantitative estimate of drug-likeness (QED) is 0.688. The Morgan fingerprint density at radius 3 is 2.46 bits per heavy atom. The first-order valence-electron chi connectivity index (χ1n) is 7.81. The van der Waals surface area contributed by atoms with Crippen molar-refractivity contribution < 1.29 is 8.42 Å². The van der Waals surface area contributed by atoms with E-state index >= 15 is 0 Å². The van der Waals surface area contributed by atoms with Crippen LogP contribution in [0.1, 0.15) is 22.9 Å². The highest BCUT2D eigenvalue weighted by molar-refractivity contribution is 7.86. The molecule has 1 aromatic heterocycles. The van der Waals surface area contributed by atoms with E-state index in [1.165, 1.54) is 4.31 Å². The molecule has 1 aliphatic heterocycles. The van der Waals surface area contributed by atoms with E-state index < -0.39 is 16.3 Å². The minimum atomic E-state index is -3.94. The maximum atomic E-state index is 12.2. The molecule has 0 bridgehead atoms. The normalized spacial score (nSPS) is 17.5. The van der Waals surface area contributed by atoms with E-state index in [4.69, 9.17) is 5.14 Å². The Bertz CT molecular complexity index is 1130.